The van der Waals surface area contributed by atoms with E-state index < -0.39 is 5.54 Å². The number of fused-ring (bicyclic) bond motifs is 9. The van der Waals surface area contributed by atoms with E-state index >= 15 is 0 Å². The van der Waals surface area contributed by atoms with Gasteiger partial charge in [0.15, 0.2) is 0 Å². The lowest BCUT2D eigenvalue weighted by Crippen LogP contribution is -2.49. The van der Waals surface area contributed by atoms with Gasteiger partial charge in [0.2, 0.25) is 23.6 Å². The number of amides is 4. The molecule has 5 rings (SSSR count). The molecule has 1 radical (unpaired) electrons. The second-order valence-electron chi connectivity index (χ2n) is 12.4. The van der Waals surface area contributed by atoms with Crippen LogP contribution >= 0.6 is 0 Å². The van der Waals surface area contributed by atoms with E-state index in [9.17, 15) is 19.2 Å². The van der Waals surface area contributed by atoms with Crippen molar-refractivity contribution in [3.8, 4) is 0 Å². The maximum Gasteiger partial charge on any atom is 0.266 e. The van der Waals surface area contributed by atoms with E-state index in [0.29, 0.717) is 12.8 Å². The molecule has 185 valence electrons. The molecule has 0 aromatic heterocycles. The van der Waals surface area contributed by atoms with Crippen LogP contribution in [-0.2, 0) is 19.2 Å². The van der Waals surface area contributed by atoms with Gasteiger partial charge < -0.3 is 4.81 Å². The third kappa shape index (κ3) is 3.00. The molecule has 3 aliphatic carbocycles. The van der Waals surface area contributed by atoms with Gasteiger partial charge in [-0.3, -0.25) is 24.1 Å². The first kappa shape index (κ1) is 24.1. The molecule has 4 amide bonds. The lowest BCUT2D eigenvalue weighted by molar-refractivity contribution is -0.147. The Morgan fingerprint density at radius 1 is 0.676 bits per heavy atom. The van der Waals surface area contributed by atoms with Gasteiger partial charge in [0, 0.05) is 5.54 Å². The average Bonchev–Trinajstić information content (AvgIpc) is 3.54. The van der Waals surface area contributed by atoms with E-state index in [1.54, 1.807) is 4.90 Å². The Kier molecular flexibility index (Phi) is 5.61. The molecule has 2 bridgehead atoms. The topological polar surface area (TPSA) is 74.8 Å². The standard InChI is InChI=1S/C27H40BN2O4/c1-7-26(5,8-2)28-30-24(33)20-16-13-17(21(20)25(30)34)15-12-19-18(11-14(15)16)22(31)29(23(19)32)27(6,9-3)10-4/h14-21H,7-13H2,1-6H3/t14?,15?,16-,17+,18-,19+,20-,21+. The third-order valence-corrected chi connectivity index (χ3v) is 11.3. The monoisotopic (exact) mass is 467 g/mol. The normalized spacial score (nSPS) is 39.1. The predicted molar refractivity (Wildman–Crippen MR) is 129 cm³/mol. The minimum atomic E-state index is -0.427. The van der Waals surface area contributed by atoms with E-state index in [0.717, 1.165) is 32.1 Å². The maximum atomic E-state index is 13.5. The number of carbonyl (C=O) groups is 4. The quantitative estimate of drug-likeness (QED) is 0.418. The van der Waals surface area contributed by atoms with E-state index in [1.807, 2.05) is 28.2 Å². The van der Waals surface area contributed by atoms with Crippen molar-refractivity contribution in [2.24, 2.45) is 47.3 Å². The number of nitrogens with zero attached hydrogens (tertiary/aromatic N) is 2. The SMILES string of the molecule is CCC(C)([B]N1C(=O)[C@@H]2[C@H](C1=O)[C@@H]1C[C@H]2C2C[C@@H]3C(=O)N(C(C)(CC)CC)C(=O)[C@@H]3CC21)CC. The Morgan fingerprint density at radius 3 is 1.50 bits per heavy atom. The molecule has 0 spiro atoms. The Hall–Kier alpha value is -1.66. The van der Waals surface area contributed by atoms with Crippen molar-refractivity contribution in [2.75, 3.05) is 0 Å². The molecule has 0 aromatic rings. The van der Waals surface area contributed by atoms with E-state index in [1.165, 1.54) is 4.81 Å². The summed E-state index contributed by atoms with van der Waals surface area (Å²) in [5, 5.41) is -0.166. The van der Waals surface area contributed by atoms with Crippen LogP contribution in [0.5, 0.6) is 0 Å². The number of rotatable bonds is 7. The van der Waals surface area contributed by atoms with Gasteiger partial charge in [-0.25, -0.2) is 0 Å². The minimum Gasteiger partial charge on any atom is -0.333 e. The van der Waals surface area contributed by atoms with Gasteiger partial charge in [0.05, 0.1) is 23.7 Å². The summed E-state index contributed by atoms with van der Waals surface area (Å²) in [4.78, 5) is 57.1. The van der Waals surface area contributed by atoms with E-state index in [2.05, 4.69) is 20.8 Å². The van der Waals surface area contributed by atoms with Gasteiger partial charge in [-0.2, -0.15) is 0 Å². The van der Waals surface area contributed by atoms with Gasteiger partial charge >= 0.3 is 0 Å². The molecule has 34 heavy (non-hydrogen) atoms. The molecule has 2 heterocycles. The van der Waals surface area contributed by atoms with Crippen molar-refractivity contribution < 1.29 is 19.2 Å². The van der Waals surface area contributed by atoms with Crippen molar-refractivity contribution in [3.63, 3.8) is 0 Å². The summed E-state index contributed by atoms with van der Waals surface area (Å²) in [5.41, 5.74) is -0.427. The Bertz CT molecular complexity index is 872. The molecule has 0 N–H and O–H groups in total. The summed E-state index contributed by atoms with van der Waals surface area (Å²) < 4.78 is 0. The highest BCUT2D eigenvalue weighted by Crippen LogP contribution is 2.66. The highest BCUT2D eigenvalue weighted by molar-refractivity contribution is 6.47. The Balaban J connectivity index is 1.39. The molecule has 0 aromatic carbocycles. The molecule has 5 fully saturated rings. The lowest BCUT2D eigenvalue weighted by Gasteiger charge is -2.42. The van der Waals surface area contributed by atoms with Gasteiger partial charge in [0.1, 0.15) is 0 Å². The minimum absolute atomic E-state index is 0.00409. The van der Waals surface area contributed by atoms with Crippen molar-refractivity contribution in [2.45, 2.75) is 97.3 Å². The van der Waals surface area contributed by atoms with Gasteiger partial charge in [-0.05, 0) is 68.0 Å². The zero-order valence-electron chi connectivity index (χ0n) is 21.7. The number of imide groups is 2. The Labute approximate surface area is 204 Å². The Morgan fingerprint density at radius 2 is 1.12 bits per heavy atom. The molecule has 6 nitrogen and oxygen atoms in total. The van der Waals surface area contributed by atoms with Gasteiger partial charge in [-0.1, -0.05) is 47.5 Å². The molecular formula is C27H40BN2O4. The number of likely N-dealkylation sites (tertiary alicyclic amines) is 1. The molecule has 2 saturated heterocycles. The van der Waals surface area contributed by atoms with Crippen LogP contribution in [0.3, 0.4) is 0 Å². The van der Waals surface area contributed by atoms with Crippen LogP contribution in [0.15, 0.2) is 0 Å². The summed E-state index contributed by atoms with van der Waals surface area (Å²) in [6, 6.07) is 0. The number of hydrogen-bond donors (Lipinski definition) is 0. The summed E-state index contributed by atoms with van der Waals surface area (Å²) in [7, 11) is 1.90. The molecule has 3 saturated carbocycles. The first-order chi connectivity index (χ1) is 16.1. The van der Waals surface area contributed by atoms with Gasteiger partial charge in [-0.15, -0.1) is 0 Å². The van der Waals surface area contributed by atoms with Crippen LogP contribution < -0.4 is 0 Å². The van der Waals surface area contributed by atoms with Crippen molar-refractivity contribution in [1.29, 1.82) is 0 Å². The van der Waals surface area contributed by atoms with Crippen molar-refractivity contribution >= 4 is 31.0 Å². The maximum absolute atomic E-state index is 13.5. The molecule has 2 aliphatic heterocycles. The average molecular weight is 467 g/mol. The zero-order chi connectivity index (χ0) is 24.7. The lowest BCUT2D eigenvalue weighted by atomic mass is 9.57. The number of carbonyl (C=O) groups excluding carboxylic acids is 4. The van der Waals surface area contributed by atoms with Crippen molar-refractivity contribution in [1.82, 2.24) is 9.71 Å². The first-order valence-corrected chi connectivity index (χ1v) is 13.7. The molecule has 2 unspecified atom stereocenters. The molecule has 8 atom stereocenters. The highest BCUT2D eigenvalue weighted by Gasteiger charge is 2.70. The smallest absolute Gasteiger partial charge is 0.266 e. The van der Waals surface area contributed by atoms with Crippen LogP contribution in [-0.4, -0.2) is 46.3 Å². The van der Waals surface area contributed by atoms with E-state index in [-0.39, 0.29) is 76.3 Å². The molecular weight excluding hydrogens is 427 g/mol. The van der Waals surface area contributed by atoms with Gasteiger partial charge in [0.25, 0.3) is 7.41 Å². The molecule has 7 heteroatoms. The van der Waals surface area contributed by atoms with Crippen LogP contribution in [0.2, 0.25) is 5.31 Å². The van der Waals surface area contributed by atoms with Crippen molar-refractivity contribution in [3.05, 3.63) is 0 Å². The first-order valence-electron chi connectivity index (χ1n) is 13.7. The fourth-order valence-electron chi connectivity index (χ4n) is 8.33. The predicted octanol–water partition coefficient (Wildman–Crippen LogP) is 4.06. The fourth-order valence-corrected chi connectivity index (χ4v) is 8.33. The second-order valence-corrected chi connectivity index (χ2v) is 12.4. The van der Waals surface area contributed by atoms with Crippen LogP contribution in [0.25, 0.3) is 0 Å². The zero-order valence-corrected chi connectivity index (χ0v) is 21.7. The van der Waals surface area contributed by atoms with E-state index in [4.69, 9.17) is 0 Å². The van der Waals surface area contributed by atoms with Crippen LogP contribution in [0, 0.1) is 47.3 Å². The summed E-state index contributed by atoms with van der Waals surface area (Å²) >= 11 is 0. The van der Waals surface area contributed by atoms with Crippen LogP contribution in [0.4, 0.5) is 0 Å². The summed E-state index contributed by atoms with van der Waals surface area (Å²) in [5.74, 6) is -0.0881. The largest absolute Gasteiger partial charge is 0.333 e. The summed E-state index contributed by atoms with van der Waals surface area (Å²) in [6.45, 7) is 12.4. The summed E-state index contributed by atoms with van der Waals surface area (Å²) in [6.07, 6.45) is 5.59. The fraction of sp³-hybridized carbons (Fsp3) is 0.852. The highest BCUT2D eigenvalue weighted by atomic mass is 16.2. The number of hydrogen-bond acceptors (Lipinski definition) is 4. The van der Waals surface area contributed by atoms with Crippen LogP contribution in [0.1, 0.15) is 86.5 Å². The third-order valence-electron chi connectivity index (χ3n) is 11.3. The molecule has 5 aliphatic rings. The second kappa shape index (κ2) is 7.93.